The number of allylic oxidation sites excluding steroid dienone is 4. The lowest BCUT2D eigenvalue weighted by molar-refractivity contribution is -0.198. The molecule has 1 aromatic heterocycles. The van der Waals surface area contributed by atoms with Crippen LogP contribution in [0.5, 0.6) is 5.88 Å². The molecule has 0 aliphatic heterocycles. The predicted molar refractivity (Wildman–Crippen MR) is 140 cm³/mol. The Morgan fingerprint density at radius 3 is 2.52 bits per heavy atom. The highest BCUT2D eigenvalue weighted by atomic mass is 35.5. The molecule has 40 heavy (non-hydrogen) atoms. The summed E-state index contributed by atoms with van der Waals surface area (Å²) in [5, 5.41) is 9.19. The van der Waals surface area contributed by atoms with Crippen molar-refractivity contribution in [1.29, 1.82) is 0 Å². The Morgan fingerprint density at radius 2 is 1.93 bits per heavy atom. The Kier molecular flexibility index (Phi) is 8.69. The van der Waals surface area contributed by atoms with Crippen molar-refractivity contribution in [2.45, 2.75) is 69.2 Å². The number of rotatable bonds is 8. The summed E-state index contributed by atoms with van der Waals surface area (Å²) >= 11 is 6.08. The molecule has 2 aliphatic carbocycles. The zero-order chi connectivity index (χ0) is 29.2. The zero-order valence-corrected chi connectivity index (χ0v) is 22.0. The van der Waals surface area contributed by atoms with Gasteiger partial charge in [0.05, 0.1) is 5.69 Å². The number of benzene rings is 1. The third kappa shape index (κ3) is 7.28. The van der Waals surface area contributed by atoms with Gasteiger partial charge in [-0.05, 0) is 66.9 Å². The van der Waals surface area contributed by atoms with E-state index < -0.39 is 48.9 Å². The van der Waals surface area contributed by atoms with Crippen LogP contribution in [0.1, 0.15) is 67.9 Å². The molecule has 0 saturated heterocycles. The van der Waals surface area contributed by atoms with Gasteiger partial charge in [-0.25, -0.2) is 13.8 Å². The second-order valence-corrected chi connectivity index (χ2v) is 10.5. The van der Waals surface area contributed by atoms with E-state index in [4.69, 9.17) is 32.9 Å². The van der Waals surface area contributed by atoms with Crippen LogP contribution >= 0.6 is 11.6 Å². The highest BCUT2D eigenvalue weighted by molar-refractivity contribution is 6.30. The number of aliphatic carboxylic acids is 1. The van der Waals surface area contributed by atoms with Gasteiger partial charge in [0.2, 0.25) is 17.9 Å². The first-order valence-corrected chi connectivity index (χ1v) is 13.0. The van der Waals surface area contributed by atoms with Crippen LogP contribution in [0.15, 0.2) is 36.4 Å². The number of nitrogens with two attached hydrogens (primary N) is 2. The largest absolute Gasteiger partial charge is 0.480 e. The lowest BCUT2D eigenvalue weighted by atomic mass is 9.84. The Labute approximate surface area is 232 Å². The number of nitrogens with zero attached hydrogens (tertiary/aromatic N) is 2. The Bertz CT molecular complexity index is 1330. The van der Waals surface area contributed by atoms with Crippen molar-refractivity contribution in [2.75, 3.05) is 5.73 Å². The molecule has 1 aromatic carbocycles. The average Bonchev–Trinajstić information content (AvgIpc) is 2.87. The van der Waals surface area contributed by atoms with Crippen LogP contribution in [0.2, 0.25) is 5.02 Å². The predicted octanol–water partition coefficient (Wildman–Crippen LogP) is 6.58. The van der Waals surface area contributed by atoms with E-state index in [2.05, 4.69) is 9.97 Å². The first-order valence-electron chi connectivity index (χ1n) is 12.6. The summed E-state index contributed by atoms with van der Waals surface area (Å²) in [7, 11) is 0. The van der Waals surface area contributed by atoms with Crippen LogP contribution in [-0.2, 0) is 4.79 Å². The molecule has 3 unspecified atom stereocenters. The van der Waals surface area contributed by atoms with E-state index in [9.17, 15) is 26.7 Å². The number of carboxylic acid groups (broad SMARTS) is 1. The fourth-order valence-corrected chi connectivity index (χ4v) is 5.14. The Morgan fingerprint density at radius 1 is 1.18 bits per heavy atom. The summed E-state index contributed by atoms with van der Waals surface area (Å²) in [5.41, 5.74) is 12.6. The van der Waals surface area contributed by atoms with Gasteiger partial charge < -0.3 is 21.3 Å². The fraction of sp³-hybridized carbons (Fsp3) is 0.444. The molecule has 0 amide bonds. The minimum atomic E-state index is -4.90. The summed E-state index contributed by atoms with van der Waals surface area (Å²) in [4.78, 5) is 19.0. The number of hydrogen-bond acceptors (Lipinski definition) is 6. The van der Waals surface area contributed by atoms with Crippen molar-refractivity contribution >= 4 is 34.7 Å². The van der Waals surface area contributed by atoms with Crippen LogP contribution in [0, 0.1) is 5.92 Å². The van der Waals surface area contributed by atoms with Crippen LogP contribution in [-0.4, -0.2) is 39.2 Å². The number of halogens is 6. The van der Waals surface area contributed by atoms with Crippen LogP contribution in [0.25, 0.3) is 11.1 Å². The number of aromatic nitrogens is 2. The second kappa shape index (κ2) is 11.7. The monoisotopic (exact) mass is 586 g/mol. The molecule has 5 N–H and O–H groups in total. The number of anilines is 1. The third-order valence-corrected chi connectivity index (χ3v) is 7.29. The van der Waals surface area contributed by atoms with Crippen molar-refractivity contribution < 1.29 is 36.6 Å². The van der Waals surface area contributed by atoms with Gasteiger partial charge in [0.1, 0.15) is 6.04 Å². The van der Waals surface area contributed by atoms with Crippen molar-refractivity contribution in [3.8, 4) is 5.88 Å². The molecule has 13 heteroatoms. The van der Waals surface area contributed by atoms with Gasteiger partial charge in [-0.1, -0.05) is 29.8 Å². The number of hydrogen-bond donors (Lipinski definition) is 3. The molecule has 0 radical (unpaired) electrons. The van der Waals surface area contributed by atoms with E-state index in [1.807, 2.05) is 6.08 Å². The molecule has 0 saturated carbocycles. The Hall–Kier alpha value is -3.25. The molecule has 7 nitrogen and oxygen atoms in total. The van der Waals surface area contributed by atoms with E-state index in [1.54, 1.807) is 0 Å². The van der Waals surface area contributed by atoms with Crippen LogP contribution in [0.4, 0.5) is 27.9 Å². The summed E-state index contributed by atoms with van der Waals surface area (Å²) in [6, 6.07) is 4.04. The van der Waals surface area contributed by atoms with Crippen molar-refractivity contribution in [3.63, 3.8) is 0 Å². The molecule has 2 aliphatic rings. The molecule has 4 rings (SSSR count). The quantitative estimate of drug-likeness (QED) is 0.298. The molecule has 216 valence electrons. The van der Waals surface area contributed by atoms with E-state index in [-0.39, 0.29) is 40.1 Å². The number of carboxylic acids is 1. The minimum absolute atomic E-state index is 0.0386. The summed E-state index contributed by atoms with van der Waals surface area (Å²) in [5.74, 6) is -4.67. The molecular weight excluding hydrogens is 559 g/mol. The molecular formula is C27H28ClF5N4O3. The Balaban J connectivity index is 1.63. The van der Waals surface area contributed by atoms with Crippen LogP contribution in [0.3, 0.4) is 0 Å². The first kappa shape index (κ1) is 29.7. The van der Waals surface area contributed by atoms with E-state index in [0.29, 0.717) is 36.8 Å². The van der Waals surface area contributed by atoms with Crippen molar-refractivity contribution in [1.82, 2.24) is 9.97 Å². The lowest BCUT2D eigenvalue weighted by Gasteiger charge is -2.27. The highest BCUT2D eigenvalue weighted by Crippen LogP contribution is 2.44. The zero-order valence-electron chi connectivity index (χ0n) is 21.2. The smallest absolute Gasteiger partial charge is 0.429 e. The van der Waals surface area contributed by atoms with E-state index in [0.717, 1.165) is 0 Å². The maximum atomic E-state index is 14.4. The first-order chi connectivity index (χ1) is 18.7. The summed E-state index contributed by atoms with van der Waals surface area (Å²) in [6.07, 6.45) is -3.62. The van der Waals surface area contributed by atoms with Gasteiger partial charge in [0.25, 0.3) is 5.92 Å². The number of carbonyl (C=O) groups is 1. The molecule has 3 atom stereocenters. The van der Waals surface area contributed by atoms with Gasteiger partial charge >= 0.3 is 12.1 Å². The summed E-state index contributed by atoms with van der Waals surface area (Å²) < 4.78 is 76.0. The van der Waals surface area contributed by atoms with Gasteiger partial charge in [0, 0.05) is 29.5 Å². The lowest BCUT2D eigenvalue weighted by Crippen LogP contribution is -2.32. The summed E-state index contributed by atoms with van der Waals surface area (Å²) in [6.45, 7) is 0. The second-order valence-electron chi connectivity index (χ2n) is 10.1. The highest BCUT2D eigenvalue weighted by Gasteiger charge is 2.45. The number of ether oxygens (including phenoxy) is 1. The van der Waals surface area contributed by atoms with Gasteiger partial charge in [-0.3, -0.25) is 4.79 Å². The standard InChI is InChI=1S/C27H28ClF5N4O3/c28-17-5-6-18(19(12-17)15-7-9-26(29,30)10-8-15)23(27(31,32)33)40-22-13-21(36-25(35)37-22)16-3-1-14(2-4-16)11-20(34)24(38)39/h3,5-7,12-14,20,23H,1-2,4,8-11,34H2,(H,38,39)(H2,35,36,37). The molecule has 0 fully saturated rings. The molecule has 0 bridgehead atoms. The third-order valence-electron chi connectivity index (χ3n) is 7.06. The van der Waals surface area contributed by atoms with Gasteiger partial charge in [0.15, 0.2) is 0 Å². The fourth-order valence-electron chi connectivity index (χ4n) is 4.96. The molecule has 1 heterocycles. The number of alkyl halides is 5. The minimum Gasteiger partial charge on any atom is -0.480 e. The van der Waals surface area contributed by atoms with Gasteiger partial charge in [-0.15, -0.1) is 0 Å². The number of nitrogen functional groups attached to an aromatic ring is 1. The van der Waals surface area contributed by atoms with Crippen molar-refractivity contribution in [3.05, 3.63) is 58.3 Å². The SMILES string of the molecule is Nc1nc(OC(c2ccc(Cl)cc2C2=CCC(F)(F)CC2)C(F)(F)F)cc(C2=CCC(CC(N)C(=O)O)CC2)n1. The average molecular weight is 587 g/mol. The topological polar surface area (TPSA) is 124 Å². The van der Waals surface area contributed by atoms with E-state index >= 15 is 0 Å². The van der Waals surface area contributed by atoms with E-state index in [1.165, 1.54) is 30.3 Å². The van der Waals surface area contributed by atoms with Crippen LogP contribution < -0.4 is 16.2 Å². The maximum Gasteiger partial charge on any atom is 0.429 e. The molecule has 0 spiro atoms. The van der Waals surface area contributed by atoms with Crippen molar-refractivity contribution in [2.24, 2.45) is 11.7 Å². The van der Waals surface area contributed by atoms with Gasteiger partial charge in [-0.2, -0.15) is 18.2 Å². The molecule has 2 aromatic rings. The normalized spacial score (nSPS) is 20.7. The maximum absolute atomic E-state index is 14.4.